The molecule has 63 heavy (non-hydrogen) atoms. The molecule has 0 nitrogen and oxygen atoms in total. The molecule has 356 valence electrons. The van der Waals surface area contributed by atoms with Crippen LogP contribution in [0.1, 0.15) is 237 Å². The minimum atomic E-state index is 0.487. The van der Waals surface area contributed by atoms with E-state index in [9.17, 15) is 0 Å². The molecular formula is C63H104. The second-order valence-corrected chi connectivity index (χ2v) is 29.5. The molecule has 0 aromatic heterocycles. The zero-order chi connectivity index (χ0) is 46.6. The Morgan fingerprint density at radius 2 is 0.937 bits per heavy atom. The van der Waals surface area contributed by atoms with E-state index in [-0.39, 0.29) is 0 Å². The van der Waals surface area contributed by atoms with Crippen molar-refractivity contribution in [2.24, 2.45) is 97.1 Å². The van der Waals surface area contributed by atoms with Crippen LogP contribution >= 0.6 is 0 Å². The van der Waals surface area contributed by atoms with Gasteiger partial charge in [0.15, 0.2) is 0 Å². The SMILES string of the molecule is CC(C)(C)C1CC1c1ccccc1.CC(C)(C)C1CC1c1ccccc1.CC(C)(C)C1CCC2CC2C1.CC(C)(C)C1CCCCC12CC2.C[C@@H]1C(C(C)(C)C)C[C@@H]2C[C@H]1C2(C)C. The summed E-state index contributed by atoms with van der Waals surface area (Å²) in [6.07, 6.45) is 21.0. The number of hydrogen-bond donors (Lipinski definition) is 0. The molecule has 2 aromatic rings. The molecule has 2 aromatic carbocycles. The smallest absolute Gasteiger partial charge is 0.0125 e. The molecule has 12 atom stereocenters. The lowest BCUT2D eigenvalue weighted by atomic mass is 9.41. The first kappa shape index (κ1) is 50.8. The molecule has 2 bridgehead atoms. The van der Waals surface area contributed by atoms with Crippen molar-refractivity contribution in [2.45, 2.75) is 226 Å². The van der Waals surface area contributed by atoms with E-state index in [0.717, 1.165) is 76.4 Å². The van der Waals surface area contributed by atoms with Gasteiger partial charge >= 0.3 is 0 Å². The summed E-state index contributed by atoms with van der Waals surface area (Å²) in [5, 5.41) is 0. The maximum atomic E-state index is 2.50. The van der Waals surface area contributed by atoms with Gasteiger partial charge in [0.1, 0.15) is 0 Å². The molecule has 0 amide bonds. The summed E-state index contributed by atoms with van der Waals surface area (Å²) in [4.78, 5) is 0. The second kappa shape index (κ2) is 18.8. The van der Waals surface area contributed by atoms with Gasteiger partial charge < -0.3 is 0 Å². The van der Waals surface area contributed by atoms with E-state index >= 15 is 0 Å². The summed E-state index contributed by atoms with van der Waals surface area (Å²) in [5.74, 6) is 11.7. The third kappa shape index (κ3) is 12.9. The van der Waals surface area contributed by atoms with Crippen molar-refractivity contribution >= 4 is 0 Å². The van der Waals surface area contributed by atoms with Crippen LogP contribution in [-0.2, 0) is 0 Å². The predicted molar refractivity (Wildman–Crippen MR) is 277 cm³/mol. The molecule has 0 heteroatoms. The Kier molecular flexibility index (Phi) is 15.2. The van der Waals surface area contributed by atoms with Gasteiger partial charge in [-0.25, -0.2) is 0 Å². The molecule has 11 rings (SSSR count). The molecule has 1 spiro atoms. The van der Waals surface area contributed by atoms with E-state index in [2.05, 4.69) is 185 Å². The summed E-state index contributed by atoms with van der Waals surface area (Å²) in [7, 11) is 0. The Hall–Kier alpha value is -1.56. The third-order valence-corrected chi connectivity index (χ3v) is 19.6. The summed E-state index contributed by atoms with van der Waals surface area (Å²) in [6, 6.07) is 21.8. The largest absolute Gasteiger partial charge is 0.0622 e. The average Bonchev–Trinajstić information content (AvgIpc) is 4.00. The first-order chi connectivity index (χ1) is 29.0. The van der Waals surface area contributed by atoms with Crippen LogP contribution in [-0.4, -0.2) is 0 Å². The Morgan fingerprint density at radius 1 is 0.444 bits per heavy atom. The van der Waals surface area contributed by atoms with Gasteiger partial charge in [0.25, 0.3) is 0 Å². The van der Waals surface area contributed by atoms with Crippen molar-refractivity contribution in [1.82, 2.24) is 0 Å². The fourth-order valence-corrected chi connectivity index (χ4v) is 14.8. The standard InChI is InChI=1S/C14H26.2C13H18.C12H22.C11H20/c1-9-11(13(2,3)4)7-10-8-12(9)14(10,5)6;2*1-13(2,3)12-9-11(12)10-7-5-4-6-8-10;1-11(2,3)10-6-4-5-7-12(10)8-9-12;1-11(2,3)10-5-4-8-6-9(8)7-10/h9-12H,7-8H2,1-6H3;2*4-8,11-12H,9H2,1-3H3;10H,4-9H2,1-3H3;8-10H,4-7H2,1-3H3/t9-,10-,11?,12-;;;;/m1..../s1. The maximum absolute atomic E-state index is 2.50. The highest BCUT2D eigenvalue weighted by Gasteiger charge is 2.58. The Bertz CT molecular complexity index is 1640. The molecule has 9 saturated carbocycles. The summed E-state index contributed by atoms with van der Waals surface area (Å²) >= 11 is 0. The summed E-state index contributed by atoms with van der Waals surface area (Å²) in [5.41, 5.74) is 7.18. The van der Waals surface area contributed by atoms with Gasteiger partial charge in [0.2, 0.25) is 0 Å². The van der Waals surface area contributed by atoms with E-state index in [1.54, 1.807) is 6.42 Å². The fraction of sp³-hybridized carbons (Fsp3) is 0.810. The average molecular weight is 862 g/mol. The first-order valence-corrected chi connectivity index (χ1v) is 27.1. The van der Waals surface area contributed by atoms with E-state index in [1.165, 1.54) is 94.6 Å². The number of hydrogen-bond acceptors (Lipinski definition) is 0. The van der Waals surface area contributed by atoms with Gasteiger partial charge in [-0.05, 0) is 197 Å². The lowest BCUT2D eigenvalue weighted by molar-refractivity contribution is -0.150. The zero-order valence-corrected chi connectivity index (χ0v) is 45.1. The molecule has 9 unspecified atom stereocenters. The molecule has 0 heterocycles. The van der Waals surface area contributed by atoms with Crippen molar-refractivity contribution in [3.8, 4) is 0 Å². The molecule has 0 radical (unpaired) electrons. The highest BCUT2D eigenvalue weighted by Crippen LogP contribution is 2.66. The molecule has 0 saturated heterocycles. The predicted octanol–water partition coefficient (Wildman–Crippen LogP) is 19.5. The van der Waals surface area contributed by atoms with Crippen molar-refractivity contribution < 1.29 is 0 Å². The van der Waals surface area contributed by atoms with Gasteiger partial charge in [-0.15, -0.1) is 0 Å². The quantitative estimate of drug-likeness (QED) is 0.282. The van der Waals surface area contributed by atoms with Gasteiger partial charge in [-0.3, -0.25) is 0 Å². The van der Waals surface area contributed by atoms with Crippen LogP contribution in [0.3, 0.4) is 0 Å². The zero-order valence-electron chi connectivity index (χ0n) is 45.1. The van der Waals surface area contributed by atoms with Crippen LogP contribution in [0.5, 0.6) is 0 Å². The van der Waals surface area contributed by atoms with E-state index in [1.807, 2.05) is 0 Å². The number of rotatable bonds is 2. The Balaban J connectivity index is 0.000000131. The summed E-state index contributed by atoms with van der Waals surface area (Å²) in [6.45, 7) is 43.3. The van der Waals surface area contributed by atoms with Crippen LogP contribution in [0.4, 0.5) is 0 Å². The van der Waals surface area contributed by atoms with Gasteiger partial charge in [-0.1, -0.05) is 198 Å². The Morgan fingerprint density at radius 3 is 1.29 bits per heavy atom. The molecular weight excluding hydrogens is 757 g/mol. The van der Waals surface area contributed by atoms with Gasteiger partial charge in [0.05, 0.1) is 0 Å². The second-order valence-electron chi connectivity index (χ2n) is 29.5. The van der Waals surface area contributed by atoms with Crippen LogP contribution in [0, 0.1) is 97.1 Å². The minimum Gasteiger partial charge on any atom is -0.0622 e. The number of benzene rings is 2. The Labute approximate surface area is 393 Å². The topological polar surface area (TPSA) is 0 Å². The van der Waals surface area contributed by atoms with Gasteiger partial charge in [-0.2, -0.15) is 0 Å². The first-order valence-electron chi connectivity index (χ1n) is 27.1. The van der Waals surface area contributed by atoms with Crippen LogP contribution in [0.2, 0.25) is 0 Å². The van der Waals surface area contributed by atoms with Crippen LogP contribution < -0.4 is 0 Å². The van der Waals surface area contributed by atoms with E-state index in [4.69, 9.17) is 0 Å². The van der Waals surface area contributed by atoms with Crippen molar-refractivity contribution in [3.05, 3.63) is 71.8 Å². The molecule has 0 N–H and O–H groups in total. The minimum absolute atomic E-state index is 0.487. The normalized spacial score (nSPS) is 35.5. The molecule has 9 fully saturated rings. The molecule has 0 aliphatic heterocycles. The summed E-state index contributed by atoms with van der Waals surface area (Å²) < 4.78 is 0. The lowest BCUT2D eigenvalue weighted by Crippen LogP contribution is -2.57. The monoisotopic (exact) mass is 861 g/mol. The van der Waals surface area contributed by atoms with Crippen molar-refractivity contribution in [3.63, 3.8) is 0 Å². The molecule has 9 aliphatic rings. The third-order valence-electron chi connectivity index (χ3n) is 19.6. The maximum Gasteiger partial charge on any atom is -0.0125 e. The van der Waals surface area contributed by atoms with E-state index < -0.39 is 0 Å². The lowest BCUT2D eigenvalue weighted by Gasteiger charge is -2.64. The highest BCUT2D eigenvalue weighted by atomic mass is 14.6. The van der Waals surface area contributed by atoms with Crippen molar-refractivity contribution in [2.75, 3.05) is 0 Å². The highest BCUT2D eigenvalue weighted by molar-refractivity contribution is 5.27. The van der Waals surface area contributed by atoms with E-state index in [0.29, 0.717) is 32.5 Å². The molecule has 9 aliphatic carbocycles. The fourth-order valence-electron chi connectivity index (χ4n) is 14.8. The number of fused-ring (bicyclic) bond motifs is 3. The van der Waals surface area contributed by atoms with Crippen molar-refractivity contribution in [1.29, 1.82) is 0 Å². The van der Waals surface area contributed by atoms with Gasteiger partial charge in [0, 0.05) is 0 Å². The van der Waals surface area contributed by atoms with Crippen LogP contribution in [0.25, 0.3) is 0 Å². The van der Waals surface area contributed by atoms with Crippen LogP contribution in [0.15, 0.2) is 60.7 Å².